The average molecular weight is 263 g/mol. The number of aromatic nitrogens is 3. The fourth-order valence-corrected chi connectivity index (χ4v) is 2.34. The van der Waals surface area contributed by atoms with Crippen LogP contribution in [0, 0.1) is 0 Å². The highest BCUT2D eigenvalue weighted by Gasteiger charge is 2.37. The topological polar surface area (TPSA) is 43.2 Å². The van der Waals surface area contributed by atoms with E-state index in [1.54, 1.807) is 4.68 Å². The highest BCUT2D eigenvalue weighted by Crippen LogP contribution is 2.39. The Balaban J connectivity index is 1.53. The van der Waals surface area contributed by atoms with E-state index in [1.165, 1.54) is 5.56 Å². The molecule has 0 amide bonds. The number of epoxide rings is 1. The second kappa shape index (κ2) is 4.58. The molecule has 3 aromatic rings. The van der Waals surface area contributed by atoms with E-state index in [0.717, 1.165) is 11.0 Å². The van der Waals surface area contributed by atoms with E-state index in [4.69, 9.17) is 4.74 Å². The van der Waals surface area contributed by atoms with Gasteiger partial charge in [-0.15, -0.1) is 5.10 Å². The zero-order valence-electron chi connectivity index (χ0n) is 10.8. The molecular formula is C16H13N3O. The lowest BCUT2D eigenvalue weighted by Crippen LogP contribution is -1.90. The maximum atomic E-state index is 5.67. The van der Waals surface area contributed by atoms with Gasteiger partial charge in [0, 0.05) is 6.20 Å². The van der Waals surface area contributed by atoms with Crippen LogP contribution in [0.1, 0.15) is 11.7 Å². The third-order valence-electron chi connectivity index (χ3n) is 3.45. The molecule has 2 unspecified atom stereocenters. The molecule has 4 heteroatoms. The first-order chi connectivity index (χ1) is 9.92. The number of ether oxygens (including phenoxy) is 1. The van der Waals surface area contributed by atoms with Crippen LogP contribution in [0.25, 0.3) is 17.2 Å². The minimum atomic E-state index is 0.125. The number of para-hydroxylation sites is 1. The first-order valence-electron chi connectivity index (χ1n) is 6.60. The molecule has 2 aromatic carbocycles. The first kappa shape index (κ1) is 11.4. The zero-order valence-corrected chi connectivity index (χ0v) is 10.8. The summed E-state index contributed by atoms with van der Waals surface area (Å²) in [5.74, 6) is 0. The van der Waals surface area contributed by atoms with Gasteiger partial charge in [0.1, 0.15) is 17.7 Å². The van der Waals surface area contributed by atoms with E-state index in [1.807, 2.05) is 54.7 Å². The molecule has 98 valence electrons. The highest BCUT2D eigenvalue weighted by molar-refractivity contribution is 5.75. The van der Waals surface area contributed by atoms with Crippen molar-refractivity contribution in [3.63, 3.8) is 0 Å². The maximum Gasteiger partial charge on any atom is 0.113 e. The summed E-state index contributed by atoms with van der Waals surface area (Å²) >= 11 is 0. The Morgan fingerprint density at radius 1 is 1.00 bits per heavy atom. The van der Waals surface area contributed by atoms with Crippen molar-refractivity contribution in [1.82, 2.24) is 15.0 Å². The smallest absolute Gasteiger partial charge is 0.113 e. The van der Waals surface area contributed by atoms with Crippen molar-refractivity contribution in [2.45, 2.75) is 12.2 Å². The van der Waals surface area contributed by atoms with E-state index in [9.17, 15) is 0 Å². The van der Waals surface area contributed by atoms with Gasteiger partial charge in [-0.1, -0.05) is 47.7 Å². The van der Waals surface area contributed by atoms with Gasteiger partial charge in [-0.3, -0.25) is 0 Å². The van der Waals surface area contributed by atoms with Gasteiger partial charge in [0.25, 0.3) is 0 Å². The van der Waals surface area contributed by atoms with Crippen LogP contribution in [0.3, 0.4) is 0 Å². The van der Waals surface area contributed by atoms with Crippen LogP contribution in [0.15, 0.2) is 60.7 Å². The Bertz CT molecular complexity index is 764. The van der Waals surface area contributed by atoms with E-state index in [-0.39, 0.29) is 12.2 Å². The number of hydrogen-bond acceptors (Lipinski definition) is 3. The van der Waals surface area contributed by atoms with Gasteiger partial charge in [0.2, 0.25) is 0 Å². The standard InChI is InChI=1S/C16H13N3O/c1-2-6-12(7-3-1)16-15(20-16)10-11-19-14-9-5-4-8-13(14)17-18-19/h1-11,15-16H/b11-10+. The molecule has 1 aromatic heterocycles. The quantitative estimate of drug-likeness (QED) is 0.682. The second-order valence-corrected chi connectivity index (χ2v) is 4.80. The predicted molar refractivity (Wildman–Crippen MR) is 76.9 cm³/mol. The van der Waals surface area contributed by atoms with Gasteiger partial charge in [0.15, 0.2) is 0 Å². The summed E-state index contributed by atoms with van der Waals surface area (Å²) < 4.78 is 7.44. The second-order valence-electron chi connectivity index (χ2n) is 4.80. The monoisotopic (exact) mass is 263 g/mol. The van der Waals surface area contributed by atoms with Gasteiger partial charge in [-0.05, 0) is 23.8 Å². The fraction of sp³-hybridized carbons (Fsp3) is 0.125. The molecule has 0 N–H and O–H groups in total. The molecule has 0 aliphatic carbocycles. The van der Waals surface area contributed by atoms with Gasteiger partial charge in [-0.25, -0.2) is 4.68 Å². The van der Waals surface area contributed by atoms with Crippen molar-refractivity contribution in [3.8, 4) is 0 Å². The lowest BCUT2D eigenvalue weighted by molar-refractivity contribution is 0.394. The number of benzene rings is 2. The Hall–Kier alpha value is -2.46. The summed E-state index contributed by atoms with van der Waals surface area (Å²) in [6, 6.07) is 18.1. The fourth-order valence-electron chi connectivity index (χ4n) is 2.34. The molecule has 1 saturated heterocycles. The number of nitrogens with zero attached hydrogens (tertiary/aromatic N) is 3. The first-order valence-corrected chi connectivity index (χ1v) is 6.60. The molecule has 1 fully saturated rings. The van der Waals surface area contributed by atoms with Gasteiger partial charge in [-0.2, -0.15) is 0 Å². The Kier molecular flexibility index (Phi) is 2.60. The molecule has 0 radical (unpaired) electrons. The van der Waals surface area contributed by atoms with Crippen molar-refractivity contribution >= 4 is 17.2 Å². The van der Waals surface area contributed by atoms with Crippen LogP contribution in [-0.2, 0) is 4.74 Å². The van der Waals surface area contributed by atoms with E-state index in [2.05, 4.69) is 22.4 Å². The van der Waals surface area contributed by atoms with Crippen LogP contribution in [0.4, 0.5) is 0 Å². The number of rotatable bonds is 3. The van der Waals surface area contributed by atoms with Crippen molar-refractivity contribution in [3.05, 3.63) is 66.2 Å². The molecule has 1 aliphatic rings. The molecule has 20 heavy (non-hydrogen) atoms. The molecule has 2 heterocycles. The third kappa shape index (κ3) is 2.00. The molecule has 4 rings (SSSR count). The normalized spacial score (nSPS) is 21.6. The van der Waals surface area contributed by atoms with Crippen molar-refractivity contribution in [2.75, 3.05) is 0 Å². The minimum absolute atomic E-state index is 0.125. The summed E-state index contributed by atoms with van der Waals surface area (Å²) in [4.78, 5) is 0. The lowest BCUT2D eigenvalue weighted by atomic mass is 10.1. The van der Waals surface area contributed by atoms with Crippen molar-refractivity contribution < 1.29 is 4.74 Å². The zero-order chi connectivity index (χ0) is 13.4. The number of hydrogen-bond donors (Lipinski definition) is 0. The summed E-state index contributed by atoms with van der Waals surface area (Å²) in [5.41, 5.74) is 3.11. The van der Waals surface area contributed by atoms with Crippen LogP contribution >= 0.6 is 0 Å². The Morgan fingerprint density at radius 2 is 1.80 bits per heavy atom. The average Bonchev–Trinajstić information content (AvgIpc) is 3.18. The van der Waals surface area contributed by atoms with Crippen LogP contribution in [-0.4, -0.2) is 21.1 Å². The number of fused-ring (bicyclic) bond motifs is 1. The van der Waals surface area contributed by atoms with E-state index in [0.29, 0.717) is 0 Å². The largest absolute Gasteiger partial charge is 0.360 e. The van der Waals surface area contributed by atoms with Gasteiger partial charge < -0.3 is 4.74 Å². The van der Waals surface area contributed by atoms with Gasteiger partial charge in [0.05, 0.1) is 5.52 Å². The summed E-state index contributed by atoms with van der Waals surface area (Å²) in [6.07, 6.45) is 4.24. The van der Waals surface area contributed by atoms with Crippen LogP contribution in [0.2, 0.25) is 0 Å². The molecule has 1 aliphatic heterocycles. The van der Waals surface area contributed by atoms with Crippen molar-refractivity contribution in [1.29, 1.82) is 0 Å². The molecule has 0 spiro atoms. The maximum absolute atomic E-state index is 5.67. The summed E-state index contributed by atoms with van der Waals surface area (Å²) in [6.45, 7) is 0. The molecular weight excluding hydrogens is 250 g/mol. The predicted octanol–water partition coefficient (Wildman–Crippen LogP) is 3.04. The van der Waals surface area contributed by atoms with E-state index < -0.39 is 0 Å². The molecule has 2 atom stereocenters. The summed E-state index contributed by atoms with van der Waals surface area (Å²) in [5, 5.41) is 8.23. The van der Waals surface area contributed by atoms with Crippen LogP contribution < -0.4 is 0 Å². The summed E-state index contributed by atoms with van der Waals surface area (Å²) in [7, 11) is 0. The molecule has 4 nitrogen and oxygen atoms in total. The van der Waals surface area contributed by atoms with Crippen LogP contribution in [0.5, 0.6) is 0 Å². The molecule has 0 bridgehead atoms. The van der Waals surface area contributed by atoms with E-state index >= 15 is 0 Å². The van der Waals surface area contributed by atoms with Gasteiger partial charge >= 0.3 is 0 Å². The third-order valence-corrected chi connectivity index (χ3v) is 3.45. The molecule has 0 saturated carbocycles. The van der Waals surface area contributed by atoms with Crippen molar-refractivity contribution in [2.24, 2.45) is 0 Å². The Morgan fingerprint density at radius 3 is 2.70 bits per heavy atom. The minimum Gasteiger partial charge on any atom is -0.360 e. The Labute approximate surface area is 116 Å². The lowest BCUT2D eigenvalue weighted by Gasteiger charge is -1.93. The SMILES string of the molecule is C(=C\n1nnc2ccccc21)/C1OC1c1ccccc1. The highest BCUT2D eigenvalue weighted by atomic mass is 16.6.